The van der Waals surface area contributed by atoms with Gasteiger partial charge in [-0.05, 0) is 42.8 Å². The van der Waals surface area contributed by atoms with Crippen molar-refractivity contribution in [3.63, 3.8) is 0 Å². The van der Waals surface area contributed by atoms with Gasteiger partial charge in [-0.15, -0.1) is 0 Å². The Hall–Kier alpha value is -4.15. The molecule has 0 saturated carbocycles. The molecule has 0 bridgehead atoms. The maximum Gasteiger partial charge on any atom is 0.253 e. The van der Waals surface area contributed by atoms with E-state index in [0.29, 0.717) is 23.0 Å². The number of amides is 1. The van der Waals surface area contributed by atoms with E-state index in [1.165, 1.54) is 10.9 Å². The van der Waals surface area contributed by atoms with Crippen molar-refractivity contribution in [2.24, 2.45) is 0 Å². The zero-order chi connectivity index (χ0) is 28.4. The normalized spacial score (nSPS) is 16.3. The van der Waals surface area contributed by atoms with Crippen molar-refractivity contribution in [2.75, 3.05) is 62.4 Å². The predicted molar refractivity (Wildman–Crippen MR) is 164 cm³/mol. The lowest BCUT2D eigenvalue weighted by Crippen LogP contribution is -2.37. The van der Waals surface area contributed by atoms with Crippen molar-refractivity contribution >= 4 is 45.8 Å². The Morgan fingerprint density at radius 1 is 1.05 bits per heavy atom. The Labute approximate surface area is 240 Å². The Kier molecular flexibility index (Phi) is 7.51. The number of benzene rings is 2. The molecule has 2 aromatic carbocycles. The van der Waals surface area contributed by atoms with Crippen LogP contribution in [0.4, 0.5) is 29.0 Å². The van der Waals surface area contributed by atoms with E-state index in [9.17, 15) is 4.79 Å². The van der Waals surface area contributed by atoms with Crippen LogP contribution in [0.3, 0.4) is 0 Å². The van der Waals surface area contributed by atoms with Crippen LogP contribution < -0.4 is 21.3 Å². The molecule has 0 unspecified atom stereocenters. The number of nitrogens with one attached hydrogen (secondary N) is 4. The summed E-state index contributed by atoms with van der Waals surface area (Å²) in [7, 11) is 1.63. The SMILES string of the molecule is CNC(=O)c1ccccc1Nc1nc(Nc2ccc3c(ccn3CCCN3CCOCC3)c2)nc2c1C(C)(C)CN2. The number of aryl methyl sites for hydroxylation is 1. The van der Waals surface area contributed by atoms with Gasteiger partial charge < -0.3 is 30.6 Å². The molecular formula is C31H38N8O2. The van der Waals surface area contributed by atoms with Gasteiger partial charge in [0.15, 0.2) is 0 Å². The summed E-state index contributed by atoms with van der Waals surface area (Å²) in [6.45, 7) is 10.9. The van der Waals surface area contributed by atoms with Gasteiger partial charge in [-0.25, -0.2) is 0 Å². The molecular weight excluding hydrogens is 516 g/mol. The van der Waals surface area contributed by atoms with E-state index in [1.807, 2.05) is 18.2 Å². The molecule has 1 amide bonds. The number of ether oxygens (including phenoxy) is 1. The lowest BCUT2D eigenvalue weighted by Gasteiger charge is -2.26. The van der Waals surface area contributed by atoms with Crippen LogP contribution in [0.15, 0.2) is 54.7 Å². The quantitative estimate of drug-likeness (QED) is 0.236. The van der Waals surface area contributed by atoms with E-state index in [2.05, 4.69) is 75.0 Å². The first-order chi connectivity index (χ1) is 19.9. The molecule has 1 saturated heterocycles. The summed E-state index contributed by atoms with van der Waals surface area (Å²) >= 11 is 0. The fraction of sp³-hybridized carbons (Fsp3) is 0.387. The Bertz CT molecular complexity index is 1560. The van der Waals surface area contributed by atoms with Gasteiger partial charge in [0.05, 0.1) is 24.5 Å². The molecule has 0 atom stereocenters. The van der Waals surface area contributed by atoms with Crippen molar-refractivity contribution < 1.29 is 9.53 Å². The second kappa shape index (κ2) is 11.4. The van der Waals surface area contributed by atoms with Gasteiger partial charge in [-0.1, -0.05) is 26.0 Å². The monoisotopic (exact) mass is 554 g/mol. The van der Waals surface area contributed by atoms with E-state index in [1.54, 1.807) is 13.1 Å². The summed E-state index contributed by atoms with van der Waals surface area (Å²) in [5, 5.41) is 14.2. The zero-order valence-corrected chi connectivity index (χ0v) is 24.0. The van der Waals surface area contributed by atoms with Crippen LogP contribution in [0.1, 0.15) is 36.2 Å². The van der Waals surface area contributed by atoms with Crippen LogP contribution in [0.5, 0.6) is 0 Å². The van der Waals surface area contributed by atoms with Crippen molar-refractivity contribution in [3.8, 4) is 0 Å². The van der Waals surface area contributed by atoms with Gasteiger partial charge in [0.1, 0.15) is 11.6 Å². The predicted octanol–water partition coefficient (Wildman–Crippen LogP) is 4.70. The van der Waals surface area contributed by atoms with Gasteiger partial charge in [0.2, 0.25) is 5.95 Å². The number of aromatic nitrogens is 3. The summed E-state index contributed by atoms with van der Waals surface area (Å²) in [5.41, 5.74) is 4.20. The molecule has 10 nitrogen and oxygen atoms in total. The fourth-order valence-corrected chi connectivity index (χ4v) is 5.71. The molecule has 214 valence electrons. The number of morpholine rings is 1. The highest BCUT2D eigenvalue weighted by Crippen LogP contribution is 2.41. The number of nitrogens with zero attached hydrogens (tertiary/aromatic N) is 4. The maximum atomic E-state index is 12.5. The van der Waals surface area contributed by atoms with E-state index in [-0.39, 0.29) is 11.3 Å². The lowest BCUT2D eigenvalue weighted by atomic mass is 9.88. The molecule has 1 fully saturated rings. The zero-order valence-electron chi connectivity index (χ0n) is 24.0. The first-order valence-corrected chi connectivity index (χ1v) is 14.3. The van der Waals surface area contributed by atoms with Crippen molar-refractivity contribution in [3.05, 3.63) is 65.9 Å². The fourth-order valence-electron chi connectivity index (χ4n) is 5.71. The number of carbonyl (C=O) groups is 1. The van der Waals surface area contributed by atoms with E-state index in [4.69, 9.17) is 14.7 Å². The highest BCUT2D eigenvalue weighted by atomic mass is 16.5. The number of anilines is 5. The molecule has 41 heavy (non-hydrogen) atoms. The molecule has 2 aliphatic heterocycles. The molecule has 4 N–H and O–H groups in total. The minimum Gasteiger partial charge on any atom is -0.379 e. The summed E-state index contributed by atoms with van der Waals surface area (Å²) in [6.07, 6.45) is 3.27. The molecule has 10 heteroatoms. The molecule has 0 aliphatic carbocycles. The van der Waals surface area contributed by atoms with Gasteiger partial charge in [0, 0.05) is 73.5 Å². The van der Waals surface area contributed by atoms with Gasteiger partial charge in [-0.3, -0.25) is 9.69 Å². The van der Waals surface area contributed by atoms with Crippen LogP contribution in [0, 0.1) is 0 Å². The number of fused-ring (bicyclic) bond motifs is 2. The number of carbonyl (C=O) groups excluding carboxylic acids is 1. The lowest BCUT2D eigenvalue weighted by molar-refractivity contribution is 0.0369. The summed E-state index contributed by atoms with van der Waals surface area (Å²) in [5.74, 6) is 1.80. The topological polar surface area (TPSA) is 108 Å². The minimum atomic E-state index is -0.179. The van der Waals surface area contributed by atoms with Crippen LogP contribution >= 0.6 is 0 Å². The molecule has 0 spiro atoms. The first kappa shape index (κ1) is 27.0. The van der Waals surface area contributed by atoms with E-state index in [0.717, 1.165) is 69.4 Å². The third-order valence-electron chi connectivity index (χ3n) is 7.94. The third-order valence-corrected chi connectivity index (χ3v) is 7.94. The van der Waals surface area contributed by atoms with Crippen molar-refractivity contribution in [2.45, 2.75) is 32.2 Å². The average Bonchev–Trinajstić information content (AvgIpc) is 3.52. The summed E-state index contributed by atoms with van der Waals surface area (Å²) in [6, 6.07) is 16.0. The van der Waals surface area contributed by atoms with E-state index < -0.39 is 0 Å². The summed E-state index contributed by atoms with van der Waals surface area (Å²) < 4.78 is 7.78. The second-order valence-electron chi connectivity index (χ2n) is 11.3. The largest absolute Gasteiger partial charge is 0.379 e. The van der Waals surface area contributed by atoms with Crippen LogP contribution in [-0.2, 0) is 16.7 Å². The Balaban J connectivity index is 1.23. The molecule has 4 aromatic rings. The van der Waals surface area contributed by atoms with Crippen LogP contribution in [-0.4, -0.2) is 71.8 Å². The molecule has 2 aliphatic rings. The average molecular weight is 555 g/mol. The van der Waals surface area contributed by atoms with Crippen molar-refractivity contribution in [1.29, 1.82) is 0 Å². The first-order valence-electron chi connectivity index (χ1n) is 14.3. The van der Waals surface area contributed by atoms with Gasteiger partial charge in [0.25, 0.3) is 5.91 Å². The third kappa shape index (κ3) is 5.71. The number of para-hydroxylation sites is 1. The van der Waals surface area contributed by atoms with Gasteiger partial charge in [-0.2, -0.15) is 9.97 Å². The molecule has 4 heterocycles. The minimum absolute atomic E-state index is 0.157. The molecule has 2 aromatic heterocycles. The molecule has 0 radical (unpaired) electrons. The summed E-state index contributed by atoms with van der Waals surface area (Å²) in [4.78, 5) is 24.7. The number of rotatable bonds is 9. The van der Waals surface area contributed by atoms with Gasteiger partial charge >= 0.3 is 0 Å². The highest BCUT2D eigenvalue weighted by molar-refractivity contribution is 6.00. The van der Waals surface area contributed by atoms with E-state index >= 15 is 0 Å². The Morgan fingerprint density at radius 2 is 1.88 bits per heavy atom. The smallest absolute Gasteiger partial charge is 0.253 e. The molecule has 6 rings (SSSR count). The highest BCUT2D eigenvalue weighted by Gasteiger charge is 2.35. The van der Waals surface area contributed by atoms with Crippen LogP contribution in [0.25, 0.3) is 10.9 Å². The second-order valence-corrected chi connectivity index (χ2v) is 11.3. The standard InChI is InChI=1S/C31H38N8O2/c1-31(2)20-33-27-26(31)28(35-24-8-5-4-7-23(24)29(40)32-3)37-30(36-27)34-22-9-10-25-21(19-22)11-14-39(25)13-6-12-38-15-17-41-18-16-38/h4-5,7-11,14,19H,6,12-13,15-18,20H2,1-3H3,(H,32,40)(H3,33,34,35,36,37). The van der Waals surface area contributed by atoms with Crippen LogP contribution in [0.2, 0.25) is 0 Å². The number of hydrogen-bond donors (Lipinski definition) is 4. The Morgan fingerprint density at radius 3 is 2.71 bits per heavy atom. The van der Waals surface area contributed by atoms with Crippen molar-refractivity contribution in [1.82, 2.24) is 24.8 Å². The maximum absolute atomic E-state index is 12.5. The number of hydrogen-bond acceptors (Lipinski definition) is 8.